The van der Waals surface area contributed by atoms with Gasteiger partial charge >= 0.3 is 0 Å². The molecule has 0 unspecified atom stereocenters. The van der Waals surface area contributed by atoms with Crippen molar-refractivity contribution in [2.24, 2.45) is 10.2 Å². The van der Waals surface area contributed by atoms with Gasteiger partial charge in [-0.3, -0.25) is 0 Å². The molecule has 44 heavy (non-hydrogen) atoms. The Labute approximate surface area is 268 Å². The molecule has 0 atom stereocenters. The fourth-order valence-electron chi connectivity index (χ4n) is 5.71. The summed E-state index contributed by atoms with van der Waals surface area (Å²) in [6.07, 6.45) is 21.0. The molecule has 240 valence electrons. The van der Waals surface area contributed by atoms with E-state index in [4.69, 9.17) is 14.6 Å². The lowest BCUT2D eigenvalue weighted by Crippen LogP contribution is -1.97. The lowest BCUT2D eigenvalue weighted by Gasteiger charge is -2.13. The number of rotatable bonds is 23. The van der Waals surface area contributed by atoms with Crippen molar-refractivity contribution in [2.45, 2.75) is 130 Å². The van der Waals surface area contributed by atoms with E-state index in [1.54, 1.807) is 0 Å². The molecule has 0 amide bonds. The molecule has 0 spiro atoms. The van der Waals surface area contributed by atoms with Crippen LogP contribution < -0.4 is 9.47 Å². The summed E-state index contributed by atoms with van der Waals surface area (Å²) < 4.78 is 11.6. The Kier molecular flexibility index (Phi) is 17.3. The van der Waals surface area contributed by atoms with Gasteiger partial charge in [-0.25, -0.2) is 0 Å². The first-order valence-corrected chi connectivity index (χ1v) is 17.7. The maximum Gasteiger partial charge on any atom is 0.119 e. The maximum absolute atomic E-state index is 6.00. The van der Waals surface area contributed by atoms with E-state index in [9.17, 15) is 0 Å². The second kappa shape index (κ2) is 21.5. The molecule has 0 bridgehead atoms. The number of aryl methyl sites for hydroxylation is 2. The zero-order valence-electron chi connectivity index (χ0n) is 28.2. The Hall–Kier alpha value is -3.14. The quantitative estimate of drug-likeness (QED) is 0.0805. The number of nitrogens with zero attached hydrogens (tertiary/aromatic N) is 2. The predicted molar refractivity (Wildman–Crippen MR) is 188 cm³/mol. The van der Waals surface area contributed by atoms with Gasteiger partial charge in [0.1, 0.15) is 11.5 Å². The normalized spacial score (nSPS) is 11.4. The smallest absolute Gasteiger partial charge is 0.119 e. The van der Waals surface area contributed by atoms with Crippen LogP contribution >= 0.6 is 0 Å². The summed E-state index contributed by atoms with van der Waals surface area (Å²) >= 11 is 0. The van der Waals surface area contributed by atoms with Gasteiger partial charge < -0.3 is 9.47 Å². The van der Waals surface area contributed by atoms with Gasteiger partial charge in [-0.15, -0.1) is 5.11 Å². The molecule has 0 aliphatic rings. The fraction of sp³-hybridized carbons (Fsp3) is 0.550. The Balaban J connectivity index is 1.38. The lowest BCUT2D eigenvalue weighted by atomic mass is 9.95. The number of ether oxygens (including phenoxy) is 2. The molecule has 0 radical (unpaired) electrons. The number of benzene rings is 3. The molecule has 0 aliphatic carbocycles. The van der Waals surface area contributed by atoms with Crippen LogP contribution in [0.5, 0.6) is 11.5 Å². The Morgan fingerprint density at radius 2 is 0.955 bits per heavy atom. The summed E-state index contributed by atoms with van der Waals surface area (Å²) in [5, 5.41) is 9.33. The van der Waals surface area contributed by atoms with Crippen LogP contribution in [0.25, 0.3) is 11.1 Å². The van der Waals surface area contributed by atoms with E-state index >= 15 is 0 Å². The maximum atomic E-state index is 6.00. The van der Waals surface area contributed by atoms with Gasteiger partial charge in [0.15, 0.2) is 0 Å². The second-order valence-corrected chi connectivity index (χ2v) is 11.9. The number of hydrogen-bond acceptors (Lipinski definition) is 4. The SMILES string of the molecule is CCCCCCCCCCCCCCCCOc1ccc(N=Nc2c(CC)cc(-c3ccc(OCC)cc3)cc2CC)cc1. The van der Waals surface area contributed by atoms with Crippen LogP contribution in [0, 0.1) is 0 Å². The van der Waals surface area contributed by atoms with Gasteiger partial charge in [0.25, 0.3) is 0 Å². The van der Waals surface area contributed by atoms with Crippen LogP contribution in [0.15, 0.2) is 70.9 Å². The molecule has 3 aromatic carbocycles. The van der Waals surface area contributed by atoms with Crippen molar-refractivity contribution in [3.05, 3.63) is 71.8 Å². The van der Waals surface area contributed by atoms with E-state index in [0.717, 1.165) is 48.7 Å². The van der Waals surface area contributed by atoms with Gasteiger partial charge in [-0.05, 0) is 97.0 Å². The van der Waals surface area contributed by atoms with Crippen LogP contribution in [0.3, 0.4) is 0 Å². The second-order valence-electron chi connectivity index (χ2n) is 11.9. The molecular weight excluding hydrogens is 540 g/mol. The van der Waals surface area contributed by atoms with Gasteiger partial charge in [-0.1, -0.05) is 116 Å². The monoisotopic (exact) mass is 598 g/mol. The summed E-state index contributed by atoms with van der Waals surface area (Å²) in [5.41, 5.74) is 6.65. The molecule has 3 aromatic rings. The molecule has 0 aliphatic heterocycles. The minimum atomic E-state index is 0.675. The standard InChI is InChI=1S/C40H58N2O2/c1-5-9-10-11-12-13-14-15-16-17-18-19-20-21-30-44-39-28-24-37(25-29-39)41-42-40-33(6-2)31-36(32-34(40)7-3)35-22-26-38(27-23-35)43-8-4/h22-29,31-32H,5-21,30H2,1-4H3. The van der Waals surface area contributed by atoms with Gasteiger partial charge in [0.05, 0.1) is 24.6 Å². The van der Waals surface area contributed by atoms with Crippen LogP contribution in [-0.2, 0) is 12.8 Å². The summed E-state index contributed by atoms with van der Waals surface area (Å²) in [6.45, 7) is 10.1. The Morgan fingerprint density at radius 3 is 1.45 bits per heavy atom. The van der Waals surface area contributed by atoms with Gasteiger partial charge in [-0.2, -0.15) is 5.11 Å². The average Bonchev–Trinajstić information content (AvgIpc) is 3.06. The topological polar surface area (TPSA) is 43.2 Å². The summed E-state index contributed by atoms with van der Waals surface area (Å²) in [5.74, 6) is 1.81. The highest BCUT2D eigenvalue weighted by atomic mass is 16.5. The van der Waals surface area contributed by atoms with Gasteiger partial charge in [0.2, 0.25) is 0 Å². The lowest BCUT2D eigenvalue weighted by molar-refractivity contribution is 0.304. The highest BCUT2D eigenvalue weighted by Crippen LogP contribution is 2.34. The largest absolute Gasteiger partial charge is 0.494 e. The van der Waals surface area contributed by atoms with Crippen molar-refractivity contribution in [1.82, 2.24) is 0 Å². The van der Waals surface area contributed by atoms with Crippen LogP contribution in [0.4, 0.5) is 11.4 Å². The Bertz CT molecular complexity index is 1180. The van der Waals surface area contributed by atoms with Crippen molar-refractivity contribution in [3.63, 3.8) is 0 Å². The summed E-state index contributed by atoms with van der Waals surface area (Å²) in [6, 6.07) is 20.8. The number of hydrogen-bond donors (Lipinski definition) is 0. The van der Waals surface area contributed by atoms with Crippen molar-refractivity contribution >= 4 is 11.4 Å². The van der Waals surface area contributed by atoms with E-state index in [1.807, 2.05) is 43.3 Å². The molecule has 4 nitrogen and oxygen atoms in total. The molecule has 0 aromatic heterocycles. The Morgan fingerprint density at radius 1 is 0.477 bits per heavy atom. The molecule has 0 saturated heterocycles. The van der Waals surface area contributed by atoms with Crippen molar-refractivity contribution in [3.8, 4) is 22.6 Å². The molecular formula is C40H58N2O2. The highest BCUT2D eigenvalue weighted by molar-refractivity contribution is 5.71. The first-order valence-electron chi connectivity index (χ1n) is 17.7. The minimum absolute atomic E-state index is 0.675. The molecule has 4 heteroatoms. The molecule has 0 heterocycles. The molecule has 0 fully saturated rings. The van der Waals surface area contributed by atoms with E-state index in [0.29, 0.717) is 6.61 Å². The fourth-order valence-corrected chi connectivity index (χ4v) is 5.71. The first-order chi connectivity index (χ1) is 21.7. The third kappa shape index (κ3) is 12.8. The van der Waals surface area contributed by atoms with Gasteiger partial charge in [0, 0.05) is 0 Å². The zero-order valence-corrected chi connectivity index (χ0v) is 28.2. The molecule has 0 saturated carbocycles. The highest BCUT2D eigenvalue weighted by Gasteiger charge is 2.11. The summed E-state index contributed by atoms with van der Waals surface area (Å²) in [7, 11) is 0. The van der Waals surface area contributed by atoms with Crippen molar-refractivity contribution in [2.75, 3.05) is 13.2 Å². The number of azo groups is 1. The zero-order chi connectivity index (χ0) is 31.2. The minimum Gasteiger partial charge on any atom is -0.494 e. The van der Waals surface area contributed by atoms with Crippen LogP contribution in [0.1, 0.15) is 129 Å². The third-order valence-electron chi connectivity index (χ3n) is 8.40. The first kappa shape index (κ1) is 35.3. The van der Waals surface area contributed by atoms with Crippen molar-refractivity contribution < 1.29 is 9.47 Å². The molecule has 0 N–H and O–H groups in total. The predicted octanol–water partition coefficient (Wildman–Crippen LogP) is 13.2. The molecule has 3 rings (SSSR count). The van der Waals surface area contributed by atoms with E-state index < -0.39 is 0 Å². The average molecular weight is 599 g/mol. The van der Waals surface area contributed by atoms with Crippen molar-refractivity contribution in [1.29, 1.82) is 0 Å². The van der Waals surface area contributed by atoms with Crippen LogP contribution in [-0.4, -0.2) is 13.2 Å². The van der Waals surface area contributed by atoms with E-state index in [2.05, 4.69) is 50.2 Å². The summed E-state index contributed by atoms with van der Waals surface area (Å²) in [4.78, 5) is 0. The third-order valence-corrected chi connectivity index (χ3v) is 8.40. The number of unbranched alkanes of at least 4 members (excludes halogenated alkanes) is 13. The van der Waals surface area contributed by atoms with Crippen LogP contribution in [0.2, 0.25) is 0 Å². The van der Waals surface area contributed by atoms with E-state index in [1.165, 1.54) is 106 Å². The van der Waals surface area contributed by atoms with E-state index in [-0.39, 0.29) is 0 Å².